The number of benzene rings is 2. The molecule has 5 rings (SSSR count). The molecule has 1 amide bonds. The van der Waals surface area contributed by atoms with Gasteiger partial charge in [-0.15, -0.1) is 0 Å². The largest absolute Gasteiger partial charge is 0.503 e. The lowest BCUT2D eigenvalue weighted by molar-refractivity contribution is -0.117. The number of ether oxygens (including phenoxy) is 1. The summed E-state index contributed by atoms with van der Waals surface area (Å²) >= 11 is 4.47. The van der Waals surface area contributed by atoms with E-state index in [1.807, 2.05) is 6.07 Å². The highest BCUT2D eigenvalue weighted by atomic mass is 79.9. The second-order valence-corrected chi connectivity index (χ2v) is 10.1. The van der Waals surface area contributed by atoms with E-state index in [0.29, 0.717) is 32.9 Å². The Morgan fingerprint density at radius 2 is 1.94 bits per heavy atom. The standard InChI is InChI=1S/C26H19BrN2O6S/c1-12-24(13(2)30)36-26(28-12)29-20(14-6-4-8-16(27)10-14)19(22(32)25(29)33)21(31)18-11-15-7-5-9-17(34-3)23(15)35-18/h4-11,20,32H,1-3H3. The van der Waals surface area contributed by atoms with Gasteiger partial charge in [-0.2, -0.15) is 0 Å². The van der Waals surface area contributed by atoms with Crippen LogP contribution in [0.25, 0.3) is 11.0 Å². The first-order chi connectivity index (χ1) is 17.2. The van der Waals surface area contributed by atoms with Crippen LogP contribution in [0.4, 0.5) is 5.13 Å². The highest BCUT2D eigenvalue weighted by Crippen LogP contribution is 2.44. The van der Waals surface area contributed by atoms with Crippen LogP contribution in [0, 0.1) is 6.92 Å². The van der Waals surface area contributed by atoms with Crippen molar-refractivity contribution in [3.63, 3.8) is 0 Å². The molecule has 182 valence electrons. The number of furan rings is 1. The van der Waals surface area contributed by atoms with Gasteiger partial charge >= 0.3 is 0 Å². The van der Waals surface area contributed by atoms with Crippen LogP contribution in [0.5, 0.6) is 5.75 Å². The minimum atomic E-state index is -0.997. The van der Waals surface area contributed by atoms with Gasteiger partial charge in [0.05, 0.1) is 29.3 Å². The van der Waals surface area contributed by atoms with Crippen molar-refractivity contribution in [2.45, 2.75) is 19.9 Å². The monoisotopic (exact) mass is 566 g/mol. The van der Waals surface area contributed by atoms with Crippen molar-refractivity contribution in [1.82, 2.24) is 4.98 Å². The van der Waals surface area contributed by atoms with Gasteiger partial charge in [0.2, 0.25) is 5.78 Å². The van der Waals surface area contributed by atoms with Crippen molar-refractivity contribution in [1.29, 1.82) is 0 Å². The van der Waals surface area contributed by atoms with Crippen LogP contribution in [0.3, 0.4) is 0 Å². The quantitative estimate of drug-likeness (QED) is 0.287. The molecule has 0 radical (unpaired) electrons. The number of hydrogen-bond acceptors (Lipinski definition) is 8. The average Bonchev–Trinajstić information content (AvgIpc) is 3.52. The van der Waals surface area contributed by atoms with Crippen molar-refractivity contribution < 1.29 is 28.6 Å². The Kier molecular flexibility index (Phi) is 6.01. The van der Waals surface area contributed by atoms with E-state index in [0.717, 1.165) is 15.8 Å². The van der Waals surface area contributed by atoms with E-state index in [-0.39, 0.29) is 22.2 Å². The number of aliphatic hydroxyl groups is 1. The number of aryl methyl sites for hydroxylation is 1. The molecule has 0 saturated carbocycles. The molecule has 1 unspecified atom stereocenters. The molecule has 1 atom stereocenters. The van der Waals surface area contributed by atoms with E-state index >= 15 is 0 Å². The lowest BCUT2D eigenvalue weighted by Gasteiger charge is -2.24. The van der Waals surface area contributed by atoms with Gasteiger partial charge in [-0.3, -0.25) is 19.3 Å². The number of fused-ring (bicyclic) bond motifs is 1. The van der Waals surface area contributed by atoms with Crippen molar-refractivity contribution in [2.75, 3.05) is 12.0 Å². The van der Waals surface area contributed by atoms with Crippen molar-refractivity contribution in [3.8, 4) is 5.75 Å². The van der Waals surface area contributed by atoms with Crippen LogP contribution in [0.15, 0.2) is 68.8 Å². The molecule has 2 aromatic heterocycles. The van der Waals surface area contributed by atoms with Crippen LogP contribution in [0.2, 0.25) is 0 Å². The minimum absolute atomic E-state index is 0.0505. The number of carbonyl (C=O) groups excluding carboxylic acids is 3. The number of rotatable bonds is 6. The predicted octanol–water partition coefficient (Wildman–Crippen LogP) is 5.95. The minimum Gasteiger partial charge on any atom is -0.503 e. The van der Waals surface area contributed by atoms with Crippen molar-refractivity contribution >= 4 is 60.8 Å². The zero-order valence-corrected chi connectivity index (χ0v) is 21.8. The van der Waals surface area contributed by atoms with Crippen molar-refractivity contribution in [3.05, 3.63) is 86.2 Å². The highest BCUT2D eigenvalue weighted by Gasteiger charge is 2.47. The first kappa shape index (κ1) is 24.0. The molecule has 36 heavy (non-hydrogen) atoms. The zero-order valence-electron chi connectivity index (χ0n) is 19.4. The van der Waals surface area contributed by atoms with Gasteiger partial charge < -0.3 is 14.3 Å². The summed E-state index contributed by atoms with van der Waals surface area (Å²) in [6.45, 7) is 3.09. The molecule has 1 aliphatic rings. The van der Waals surface area contributed by atoms with Gasteiger partial charge in [-0.05, 0) is 36.8 Å². The van der Waals surface area contributed by atoms with Gasteiger partial charge in [0.1, 0.15) is 0 Å². The number of halogens is 1. The second-order valence-electron chi connectivity index (χ2n) is 8.18. The molecule has 0 aliphatic carbocycles. The van der Waals surface area contributed by atoms with Crippen molar-refractivity contribution in [2.24, 2.45) is 0 Å². The summed E-state index contributed by atoms with van der Waals surface area (Å²) in [6, 6.07) is 12.9. The summed E-state index contributed by atoms with van der Waals surface area (Å²) in [5.74, 6) is -1.92. The third-order valence-corrected chi connectivity index (χ3v) is 7.63. The number of carbonyl (C=O) groups is 3. The van der Waals surface area contributed by atoms with Crippen LogP contribution in [0.1, 0.15) is 44.4 Å². The molecule has 1 N–H and O–H groups in total. The fraction of sp³-hybridized carbons (Fsp3) is 0.154. The summed E-state index contributed by atoms with van der Waals surface area (Å²) in [4.78, 5) is 45.3. The SMILES string of the molecule is COc1cccc2cc(C(=O)C3=C(O)C(=O)N(c4nc(C)c(C(C)=O)s4)C3c3cccc(Br)c3)oc12. The first-order valence-corrected chi connectivity index (χ1v) is 12.4. The summed E-state index contributed by atoms with van der Waals surface area (Å²) in [6.07, 6.45) is 0. The Hall–Kier alpha value is -3.76. The third kappa shape index (κ3) is 3.82. The Morgan fingerprint density at radius 3 is 2.61 bits per heavy atom. The fourth-order valence-electron chi connectivity index (χ4n) is 4.28. The molecule has 8 nitrogen and oxygen atoms in total. The van der Waals surface area contributed by atoms with Crippen LogP contribution in [-0.4, -0.2) is 34.7 Å². The molecule has 0 fully saturated rings. The van der Waals surface area contributed by atoms with Gasteiger partial charge in [-0.1, -0.05) is 51.5 Å². The summed E-state index contributed by atoms with van der Waals surface area (Å²) < 4.78 is 11.9. The number of anilines is 1. The number of nitrogens with zero attached hydrogens (tertiary/aromatic N) is 2. The van der Waals surface area contributed by atoms with Crippen LogP contribution < -0.4 is 9.64 Å². The smallest absolute Gasteiger partial charge is 0.296 e. The topological polar surface area (TPSA) is 110 Å². The molecule has 10 heteroatoms. The number of thiazole rings is 1. The molecule has 2 aromatic carbocycles. The maximum absolute atomic E-state index is 13.8. The van der Waals surface area contributed by atoms with Gasteiger partial charge in [0.15, 0.2) is 33.8 Å². The van der Waals surface area contributed by atoms with Crippen LogP contribution in [-0.2, 0) is 4.79 Å². The maximum atomic E-state index is 13.8. The molecule has 0 spiro atoms. The summed E-state index contributed by atoms with van der Waals surface area (Å²) in [5.41, 5.74) is 1.27. The molecule has 0 bridgehead atoms. The predicted molar refractivity (Wildman–Crippen MR) is 138 cm³/mol. The third-order valence-electron chi connectivity index (χ3n) is 5.88. The number of aromatic nitrogens is 1. The van der Waals surface area contributed by atoms with E-state index in [9.17, 15) is 19.5 Å². The van der Waals surface area contributed by atoms with Gasteiger partial charge in [0, 0.05) is 16.8 Å². The van der Waals surface area contributed by atoms with Gasteiger partial charge in [-0.25, -0.2) is 4.98 Å². The molecule has 3 heterocycles. The van der Waals surface area contributed by atoms with E-state index in [4.69, 9.17) is 9.15 Å². The average molecular weight is 567 g/mol. The lowest BCUT2D eigenvalue weighted by Crippen LogP contribution is -2.31. The van der Waals surface area contributed by atoms with Gasteiger partial charge in [0.25, 0.3) is 5.91 Å². The molecular formula is C26H19BrN2O6S. The number of methoxy groups -OCH3 is 1. The first-order valence-electron chi connectivity index (χ1n) is 10.8. The molecule has 4 aromatic rings. The molecule has 0 saturated heterocycles. The lowest BCUT2D eigenvalue weighted by atomic mass is 9.95. The number of Topliss-reactive ketones (excluding diaryl/α,β-unsaturated/α-hetero) is 2. The number of para-hydroxylation sites is 1. The molecular weight excluding hydrogens is 548 g/mol. The summed E-state index contributed by atoms with van der Waals surface area (Å²) in [7, 11) is 1.50. The number of amides is 1. The Labute approximate surface area is 217 Å². The number of aliphatic hydroxyl groups excluding tert-OH is 1. The number of hydrogen-bond donors (Lipinski definition) is 1. The Morgan fingerprint density at radius 1 is 1.19 bits per heavy atom. The zero-order chi connectivity index (χ0) is 25.7. The highest BCUT2D eigenvalue weighted by molar-refractivity contribution is 9.10. The van der Waals surface area contributed by atoms with Crippen LogP contribution >= 0.6 is 27.3 Å². The van der Waals surface area contributed by atoms with E-state index in [1.54, 1.807) is 49.4 Å². The Balaban J connectivity index is 1.67. The maximum Gasteiger partial charge on any atom is 0.296 e. The Bertz CT molecular complexity index is 1600. The fourth-order valence-corrected chi connectivity index (χ4v) is 5.69. The van der Waals surface area contributed by atoms with E-state index < -0.39 is 23.5 Å². The van der Waals surface area contributed by atoms with E-state index in [1.165, 1.54) is 18.9 Å². The number of ketones is 2. The normalized spacial score (nSPS) is 15.7. The second kappa shape index (κ2) is 9.03. The molecule has 1 aliphatic heterocycles. The van der Waals surface area contributed by atoms with E-state index in [2.05, 4.69) is 20.9 Å². The summed E-state index contributed by atoms with van der Waals surface area (Å²) in [5, 5.41) is 11.8.